The van der Waals surface area contributed by atoms with Gasteiger partial charge in [0.15, 0.2) is 0 Å². The molecule has 1 unspecified atom stereocenters. The van der Waals surface area contributed by atoms with Crippen LogP contribution in [-0.2, 0) is 9.59 Å². The lowest BCUT2D eigenvalue weighted by molar-refractivity contribution is -0.132. The highest BCUT2D eigenvalue weighted by molar-refractivity contribution is 7.10. The fourth-order valence-electron chi connectivity index (χ4n) is 3.56. The molecule has 29 heavy (non-hydrogen) atoms. The van der Waals surface area contributed by atoms with Crippen molar-refractivity contribution in [1.29, 1.82) is 0 Å². The topological polar surface area (TPSA) is 66.8 Å². The summed E-state index contributed by atoms with van der Waals surface area (Å²) in [6.45, 7) is 1.88. The monoisotopic (exact) mass is 405 g/mol. The van der Waals surface area contributed by atoms with Crippen LogP contribution in [-0.4, -0.2) is 23.9 Å². The normalized spacial score (nSPS) is 18.3. The van der Waals surface area contributed by atoms with Crippen molar-refractivity contribution in [3.8, 4) is 5.75 Å². The summed E-state index contributed by atoms with van der Waals surface area (Å²) in [5.41, 5.74) is 1.95. The Bertz CT molecular complexity index is 1100. The summed E-state index contributed by atoms with van der Waals surface area (Å²) in [4.78, 5) is 28.3. The average Bonchev–Trinajstić information content (AvgIpc) is 3.35. The molecule has 1 saturated heterocycles. The fourth-order valence-corrected chi connectivity index (χ4v) is 4.38. The highest BCUT2D eigenvalue weighted by atomic mass is 32.1. The number of para-hydroxylation sites is 1. The number of aliphatic hydroxyl groups excluding tert-OH is 1. The third-order valence-corrected chi connectivity index (χ3v) is 5.83. The molecule has 0 spiro atoms. The first-order chi connectivity index (χ1) is 14.0. The van der Waals surface area contributed by atoms with Crippen LogP contribution in [0, 0.1) is 6.92 Å². The molecule has 1 fully saturated rings. The third-order valence-electron chi connectivity index (χ3n) is 4.90. The Balaban J connectivity index is 1.96. The molecule has 1 amide bonds. The first kappa shape index (κ1) is 19.0. The first-order valence-electron chi connectivity index (χ1n) is 9.07. The van der Waals surface area contributed by atoms with Crippen LogP contribution in [0.15, 0.2) is 71.6 Å². The minimum absolute atomic E-state index is 0.0604. The van der Waals surface area contributed by atoms with E-state index < -0.39 is 17.7 Å². The minimum Gasteiger partial charge on any atom is -0.507 e. The summed E-state index contributed by atoms with van der Waals surface area (Å²) < 4.78 is 5.38. The number of ketones is 1. The molecule has 1 aliphatic rings. The molecule has 1 aromatic heterocycles. The average molecular weight is 405 g/mol. The first-order valence-corrected chi connectivity index (χ1v) is 9.95. The van der Waals surface area contributed by atoms with E-state index in [-0.39, 0.29) is 11.3 Å². The Morgan fingerprint density at radius 1 is 1.07 bits per heavy atom. The summed E-state index contributed by atoms with van der Waals surface area (Å²) in [5.74, 6) is -1.18. The van der Waals surface area contributed by atoms with Gasteiger partial charge < -0.3 is 9.84 Å². The molecule has 146 valence electrons. The second-order valence-corrected chi connectivity index (χ2v) is 7.70. The smallest absolute Gasteiger partial charge is 0.300 e. The van der Waals surface area contributed by atoms with Gasteiger partial charge in [0.1, 0.15) is 17.6 Å². The van der Waals surface area contributed by atoms with Crippen molar-refractivity contribution >= 4 is 34.5 Å². The molecule has 4 rings (SSSR count). The van der Waals surface area contributed by atoms with Crippen molar-refractivity contribution in [2.45, 2.75) is 13.0 Å². The van der Waals surface area contributed by atoms with Crippen LogP contribution in [0.5, 0.6) is 5.75 Å². The van der Waals surface area contributed by atoms with Gasteiger partial charge >= 0.3 is 0 Å². The van der Waals surface area contributed by atoms with Gasteiger partial charge in [0.25, 0.3) is 11.7 Å². The lowest BCUT2D eigenvalue weighted by atomic mass is 9.98. The van der Waals surface area contributed by atoms with Gasteiger partial charge in [0.2, 0.25) is 0 Å². The quantitative estimate of drug-likeness (QED) is 0.388. The number of hydrogen-bond donors (Lipinski definition) is 1. The standard InChI is InChI=1S/C23H19NO4S/c1-14-10-11-17(28-2)16(13-14)21(25)19-20(18-9-6-12-29-18)24(23(27)22(19)26)15-7-4-3-5-8-15/h3-13,20,25H,1-2H3/b21-19-. The number of carbonyl (C=O) groups excluding carboxylic acids is 2. The van der Waals surface area contributed by atoms with Crippen LogP contribution in [0.1, 0.15) is 22.0 Å². The number of methoxy groups -OCH3 is 1. The van der Waals surface area contributed by atoms with Gasteiger partial charge in [-0.3, -0.25) is 14.5 Å². The Kier molecular flexibility index (Phi) is 4.94. The number of rotatable bonds is 4. The Morgan fingerprint density at radius 2 is 1.83 bits per heavy atom. The van der Waals surface area contributed by atoms with Crippen LogP contribution in [0.25, 0.3) is 5.76 Å². The largest absolute Gasteiger partial charge is 0.507 e. The van der Waals surface area contributed by atoms with Gasteiger partial charge in [-0.15, -0.1) is 11.3 Å². The molecule has 0 bridgehead atoms. The molecule has 1 N–H and O–H groups in total. The lowest BCUT2D eigenvalue weighted by Crippen LogP contribution is -2.29. The number of benzene rings is 2. The fraction of sp³-hybridized carbons (Fsp3) is 0.130. The molecular formula is C23H19NO4S. The second kappa shape index (κ2) is 7.56. The zero-order valence-electron chi connectivity index (χ0n) is 16.0. The van der Waals surface area contributed by atoms with Crippen LogP contribution in [0.2, 0.25) is 0 Å². The number of amides is 1. The van der Waals surface area contributed by atoms with E-state index in [0.29, 0.717) is 17.0 Å². The maximum atomic E-state index is 13.0. The third kappa shape index (κ3) is 3.21. The van der Waals surface area contributed by atoms with Gasteiger partial charge in [-0.2, -0.15) is 0 Å². The molecule has 0 radical (unpaired) electrons. The summed E-state index contributed by atoms with van der Waals surface area (Å²) in [5, 5.41) is 13.1. The summed E-state index contributed by atoms with van der Waals surface area (Å²) in [7, 11) is 1.50. The van der Waals surface area contributed by atoms with Crippen LogP contribution in [0.4, 0.5) is 5.69 Å². The number of carbonyl (C=O) groups is 2. The molecule has 0 aliphatic carbocycles. The van der Waals surface area contributed by atoms with E-state index in [0.717, 1.165) is 10.4 Å². The number of ether oxygens (including phenoxy) is 1. The lowest BCUT2D eigenvalue weighted by Gasteiger charge is -2.24. The zero-order valence-corrected chi connectivity index (χ0v) is 16.8. The molecule has 0 saturated carbocycles. The second-order valence-electron chi connectivity index (χ2n) is 6.72. The van der Waals surface area contributed by atoms with Gasteiger partial charge in [-0.1, -0.05) is 35.9 Å². The number of anilines is 1. The minimum atomic E-state index is -0.715. The Labute approximate surface area is 172 Å². The predicted octanol–water partition coefficient (Wildman–Crippen LogP) is 4.69. The van der Waals surface area contributed by atoms with Crippen molar-refractivity contribution in [3.05, 3.63) is 87.6 Å². The molecule has 2 aromatic carbocycles. The van der Waals surface area contributed by atoms with Gasteiger partial charge in [0.05, 0.1) is 18.2 Å². The van der Waals surface area contributed by atoms with Gasteiger partial charge in [-0.25, -0.2) is 0 Å². The summed E-state index contributed by atoms with van der Waals surface area (Å²) in [6, 6.07) is 17.4. The number of aliphatic hydroxyl groups is 1. The van der Waals surface area contributed by atoms with E-state index in [1.807, 2.05) is 48.7 Å². The SMILES string of the molecule is COc1ccc(C)cc1/C(O)=C1/C(=O)C(=O)N(c2ccccc2)C1c1cccs1. The van der Waals surface area contributed by atoms with Crippen LogP contribution < -0.4 is 9.64 Å². The van der Waals surface area contributed by atoms with Gasteiger partial charge in [-0.05, 0) is 42.6 Å². The summed E-state index contributed by atoms with van der Waals surface area (Å²) in [6.07, 6.45) is 0. The van der Waals surface area contributed by atoms with Crippen molar-refractivity contribution in [2.24, 2.45) is 0 Å². The number of aryl methyl sites for hydroxylation is 1. The number of thiophene rings is 1. The van der Waals surface area contributed by atoms with E-state index in [1.165, 1.54) is 23.3 Å². The van der Waals surface area contributed by atoms with E-state index in [1.54, 1.807) is 24.3 Å². The van der Waals surface area contributed by atoms with Crippen molar-refractivity contribution < 1.29 is 19.4 Å². The van der Waals surface area contributed by atoms with Gasteiger partial charge in [0, 0.05) is 10.6 Å². The molecule has 5 nitrogen and oxygen atoms in total. The zero-order chi connectivity index (χ0) is 20.5. The van der Waals surface area contributed by atoms with Crippen molar-refractivity contribution in [1.82, 2.24) is 0 Å². The molecule has 2 heterocycles. The highest BCUT2D eigenvalue weighted by Crippen LogP contribution is 2.44. The van der Waals surface area contributed by atoms with E-state index >= 15 is 0 Å². The van der Waals surface area contributed by atoms with E-state index in [2.05, 4.69) is 0 Å². The predicted molar refractivity (Wildman–Crippen MR) is 113 cm³/mol. The number of hydrogen-bond acceptors (Lipinski definition) is 5. The maximum Gasteiger partial charge on any atom is 0.300 e. The van der Waals surface area contributed by atoms with Crippen LogP contribution >= 0.6 is 11.3 Å². The maximum absolute atomic E-state index is 13.0. The van der Waals surface area contributed by atoms with Crippen molar-refractivity contribution in [3.63, 3.8) is 0 Å². The summed E-state index contributed by atoms with van der Waals surface area (Å²) >= 11 is 1.43. The Morgan fingerprint density at radius 3 is 2.48 bits per heavy atom. The molecule has 6 heteroatoms. The highest BCUT2D eigenvalue weighted by Gasteiger charge is 2.47. The van der Waals surface area contributed by atoms with E-state index in [9.17, 15) is 14.7 Å². The number of Topliss-reactive ketones (excluding diaryl/α,β-unsaturated/α-hetero) is 1. The molecule has 1 aliphatic heterocycles. The molecule has 3 aromatic rings. The molecular weight excluding hydrogens is 386 g/mol. The van der Waals surface area contributed by atoms with E-state index in [4.69, 9.17) is 4.74 Å². The van der Waals surface area contributed by atoms with Crippen molar-refractivity contribution in [2.75, 3.05) is 12.0 Å². The molecule has 1 atom stereocenters. The van der Waals surface area contributed by atoms with Crippen LogP contribution in [0.3, 0.4) is 0 Å². The Hall–Kier alpha value is -3.38. The number of nitrogens with zero attached hydrogens (tertiary/aromatic N) is 1.